The van der Waals surface area contributed by atoms with Crippen LogP contribution in [-0.2, 0) is 14.3 Å². The van der Waals surface area contributed by atoms with Crippen molar-refractivity contribution >= 4 is 30.2 Å². The maximum atomic E-state index is 9.97. The number of ether oxygens (including phenoxy) is 2. The fourth-order valence-electron chi connectivity index (χ4n) is 0.530. The monoisotopic (exact) mass is 491 g/mol. The molecule has 160 valence electrons. The van der Waals surface area contributed by atoms with E-state index in [1.165, 1.54) is 38.5 Å². The summed E-state index contributed by atoms with van der Waals surface area (Å²) in [4.78, 5) is 9.97. The van der Waals surface area contributed by atoms with Crippen LogP contribution in [0.1, 0.15) is 87.0 Å². The zero-order valence-electron chi connectivity index (χ0n) is 19.4. The third-order valence-electron chi connectivity index (χ3n) is 2.97. The van der Waals surface area contributed by atoms with E-state index in [0.717, 1.165) is 6.29 Å². The topological polar surface area (TPSA) is 47.6 Å². The quantitative estimate of drug-likeness (QED) is 0.215. The van der Waals surface area contributed by atoms with Gasteiger partial charge < -0.3 is 14.8 Å². The Morgan fingerprint density at radius 3 is 1.41 bits per heavy atom. The summed E-state index contributed by atoms with van der Waals surface area (Å²) in [6.45, 7) is 14.9. The largest absolute Gasteiger partial charge is 0.361 e. The van der Waals surface area contributed by atoms with E-state index in [4.69, 9.17) is 0 Å². The van der Waals surface area contributed by atoms with Crippen LogP contribution >= 0.6 is 0 Å². The minimum Gasteiger partial charge on any atom is -0.361 e. The maximum absolute atomic E-state index is 9.97. The zero-order valence-corrected chi connectivity index (χ0v) is 22.2. The predicted molar refractivity (Wildman–Crippen MR) is 121 cm³/mol. The number of methoxy groups -OCH3 is 2. The van der Waals surface area contributed by atoms with Gasteiger partial charge in [-0.2, -0.15) is 0 Å². The summed E-state index contributed by atoms with van der Waals surface area (Å²) in [6, 6.07) is 0. The fraction of sp³-hybridized carbons (Fsp3) is 0.727. The molecule has 0 aromatic carbocycles. The number of carbonyl (C=O) groups excluding carboxylic acids is 1. The predicted octanol–water partition coefficient (Wildman–Crippen LogP) is 6.00. The summed E-state index contributed by atoms with van der Waals surface area (Å²) in [7, 11) is 3.21. The summed E-state index contributed by atoms with van der Waals surface area (Å²) < 4.78 is 9.35. The van der Waals surface area contributed by atoms with Gasteiger partial charge in [0.25, 0.3) is 0 Å². The molecule has 4 radical (unpaired) electrons. The molecule has 1 N–H and O–H groups in total. The second-order valence-corrected chi connectivity index (χ2v) is 5.42. The van der Waals surface area contributed by atoms with Crippen molar-refractivity contribution < 1.29 is 14.3 Å². The van der Waals surface area contributed by atoms with Gasteiger partial charge in [-0.25, -0.2) is 0 Å². The summed E-state index contributed by atoms with van der Waals surface area (Å²) in [5.74, 6) is 0. The van der Waals surface area contributed by atoms with Crippen molar-refractivity contribution in [2.24, 2.45) is 0 Å². The molecule has 0 aliphatic carbocycles. The first-order valence-corrected chi connectivity index (χ1v) is 9.86. The number of carbonyl (C=O) groups is 1. The molecule has 1 rings (SSSR count). The van der Waals surface area contributed by atoms with Crippen LogP contribution in [0.4, 0.5) is 0 Å². The molecular weight excluding hydrogens is 445 g/mol. The number of rotatable bonds is 6. The third-order valence-corrected chi connectivity index (χ3v) is 2.97. The molecule has 0 aromatic rings. The summed E-state index contributed by atoms with van der Waals surface area (Å²) in [5, 5.41) is 2.73. The van der Waals surface area contributed by atoms with Crippen LogP contribution in [0, 0.1) is 0 Å². The average molecular weight is 490 g/mol. The van der Waals surface area contributed by atoms with Gasteiger partial charge in [-0.15, -0.1) is 5.73 Å². The van der Waals surface area contributed by atoms with Gasteiger partial charge in [0, 0.05) is 56.1 Å². The Balaban J connectivity index is -0.0000000770. The fourth-order valence-corrected chi connectivity index (χ4v) is 0.530. The Morgan fingerprint density at radius 1 is 0.926 bits per heavy atom. The van der Waals surface area contributed by atoms with Gasteiger partial charge in [-0.05, 0) is 13.0 Å². The Bertz CT molecular complexity index is 319. The Hall–Kier alpha value is -0.551. The first-order chi connectivity index (χ1) is 12.5. The number of unbranched alkanes of at least 4 members (excludes halogenated alkanes) is 3. The van der Waals surface area contributed by atoms with Gasteiger partial charge in [0.05, 0.1) is 0 Å². The van der Waals surface area contributed by atoms with Gasteiger partial charge in [0.1, 0.15) is 0 Å². The molecule has 0 unspecified atom stereocenters. The summed E-state index contributed by atoms with van der Waals surface area (Å²) in [5.41, 5.74) is 3.34. The molecule has 0 saturated carbocycles. The van der Waals surface area contributed by atoms with Crippen molar-refractivity contribution in [3.8, 4) is 0 Å². The molecule has 0 atom stereocenters. The van der Waals surface area contributed by atoms with Crippen molar-refractivity contribution in [1.82, 2.24) is 5.32 Å². The van der Waals surface area contributed by atoms with E-state index in [-0.39, 0.29) is 30.2 Å². The Morgan fingerprint density at radius 2 is 1.30 bits per heavy atom. The molecule has 1 aliphatic heterocycles. The molecule has 0 amide bonds. The van der Waals surface area contributed by atoms with Crippen LogP contribution in [-0.4, -0.2) is 50.7 Å². The van der Waals surface area contributed by atoms with E-state index in [9.17, 15) is 4.79 Å². The molecule has 4 nitrogen and oxygen atoms in total. The Labute approximate surface area is 186 Å². The van der Waals surface area contributed by atoms with Crippen LogP contribution in [0.3, 0.4) is 0 Å². The molecule has 1 heterocycles. The molecule has 0 fully saturated rings. The second-order valence-electron chi connectivity index (χ2n) is 5.42. The van der Waals surface area contributed by atoms with E-state index in [1.54, 1.807) is 32.7 Å². The molecular formula is C22H45NO3Sn. The normalized spacial score (nSPS) is 9.93. The van der Waals surface area contributed by atoms with Crippen LogP contribution in [0.15, 0.2) is 29.8 Å². The molecule has 0 saturated heterocycles. The molecule has 5 heteroatoms. The number of aldehydes is 1. The van der Waals surface area contributed by atoms with Crippen LogP contribution in [0.2, 0.25) is 0 Å². The number of nitrogens with one attached hydrogen (secondary N) is 1. The summed E-state index contributed by atoms with van der Waals surface area (Å²) in [6.07, 6.45) is 13.5. The first-order valence-electron chi connectivity index (χ1n) is 9.86. The molecule has 27 heavy (non-hydrogen) atoms. The minimum absolute atomic E-state index is 0. The van der Waals surface area contributed by atoms with Crippen molar-refractivity contribution in [3.05, 3.63) is 29.8 Å². The van der Waals surface area contributed by atoms with Crippen LogP contribution in [0.25, 0.3) is 0 Å². The molecule has 0 aromatic heterocycles. The Kier molecular flexibility index (Phi) is 55.5. The molecule has 0 bridgehead atoms. The van der Waals surface area contributed by atoms with E-state index < -0.39 is 0 Å². The number of hydrogen-bond acceptors (Lipinski definition) is 4. The van der Waals surface area contributed by atoms with E-state index in [0.29, 0.717) is 5.57 Å². The van der Waals surface area contributed by atoms with E-state index >= 15 is 0 Å². The average Bonchev–Trinajstić information content (AvgIpc) is 2.74. The van der Waals surface area contributed by atoms with Crippen molar-refractivity contribution in [3.63, 3.8) is 0 Å². The SMILES string of the molecule is CCCC.CCCC.CCCC.COC(C)OC.O=CC1=CNC=C=C1.[Sn]. The van der Waals surface area contributed by atoms with Gasteiger partial charge in [-0.1, -0.05) is 80.1 Å². The smallest absolute Gasteiger partial charge is 0.154 e. The van der Waals surface area contributed by atoms with Crippen molar-refractivity contribution in [2.75, 3.05) is 14.2 Å². The van der Waals surface area contributed by atoms with E-state index in [1.807, 2.05) is 6.92 Å². The molecule has 1 aliphatic rings. The van der Waals surface area contributed by atoms with Gasteiger partial charge in [0.2, 0.25) is 0 Å². The standard InChI is InChI=1S/C6H5NO.C4H10O2.3C4H10.Sn/c8-5-6-2-1-3-7-4-6;1-4(5-2)6-3;3*1-3-4-2;/h2-5,7H;4H,1-3H3;3*3-4H2,1-2H3;. The maximum Gasteiger partial charge on any atom is 0.154 e. The van der Waals surface area contributed by atoms with Crippen LogP contribution < -0.4 is 5.32 Å². The number of hydrogen-bond donors (Lipinski definition) is 1. The summed E-state index contributed by atoms with van der Waals surface area (Å²) >= 11 is 0. The zero-order chi connectivity index (χ0) is 21.1. The van der Waals surface area contributed by atoms with Crippen LogP contribution in [0.5, 0.6) is 0 Å². The van der Waals surface area contributed by atoms with Gasteiger partial charge >= 0.3 is 0 Å². The minimum atomic E-state index is -0.0648. The second kappa shape index (κ2) is 40.2. The van der Waals surface area contributed by atoms with Crippen molar-refractivity contribution in [1.29, 1.82) is 0 Å². The number of allylic oxidation sites excluding steroid dienone is 2. The third kappa shape index (κ3) is 51.7. The van der Waals surface area contributed by atoms with E-state index in [2.05, 4.69) is 62.1 Å². The van der Waals surface area contributed by atoms with Gasteiger partial charge in [0.15, 0.2) is 12.6 Å². The van der Waals surface area contributed by atoms with Gasteiger partial charge in [-0.3, -0.25) is 4.79 Å². The molecule has 0 spiro atoms. The van der Waals surface area contributed by atoms with Crippen molar-refractivity contribution in [2.45, 2.75) is 93.3 Å². The first kappa shape index (κ1) is 37.2.